The van der Waals surface area contributed by atoms with E-state index in [0.29, 0.717) is 23.0 Å². The number of anilines is 1. The first-order chi connectivity index (χ1) is 16.3. The third-order valence-electron chi connectivity index (χ3n) is 7.32. The Morgan fingerprint density at radius 2 is 1.97 bits per heavy atom. The Bertz CT molecular complexity index is 1300. The maximum Gasteiger partial charge on any atom is 0.416 e. The van der Waals surface area contributed by atoms with Crippen LogP contribution in [-0.2, 0) is 17.5 Å². The summed E-state index contributed by atoms with van der Waals surface area (Å²) in [5.41, 5.74) is -0.763. The predicted octanol–water partition coefficient (Wildman–Crippen LogP) is 6.28. The van der Waals surface area contributed by atoms with Crippen molar-refractivity contribution in [3.63, 3.8) is 0 Å². The zero-order valence-electron chi connectivity index (χ0n) is 17.9. The lowest BCUT2D eigenvalue weighted by molar-refractivity contribution is -0.137. The summed E-state index contributed by atoms with van der Waals surface area (Å²) >= 11 is 4.68. The van der Waals surface area contributed by atoms with E-state index in [0.717, 1.165) is 22.0 Å². The van der Waals surface area contributed by atoms with Gasteiger partial charge in [-0.15, -0.1) is 23.1 Å². The van der Waals surface area contributed by atoms with Gasteiger partial charge in [0.25, 0.3) is 0 Å². The van der Waals surface area contributed by atoms with Crippen molar-refractivity contribution < 1.29 is 18.0 Å². The summed E-state index contributed by atoms with van der Waals surface area (Å²) in [7, 11) is 0. The van der Waals surface area contributed by atoms with Crippen LogP contribution in [0.2, 0.25) is 0 Å². The number of halogens is 3. The molecule has 2 saturated carbocycles. The second-order valence-electron chi connectivity index (χ2n) is 9.24. The molecule has 2 fully saturated rings. The van der Waals surface area contributed by atoms with Gasteiger partial charge < -0.3 is 5.32 Å². The number of nitrogens with one attached hydrogen (secondary N) is 1. The molecule has 1 amide bonds. The smallest absolute Gasteiger partial charge is 0.325 e. The first-order valence-corrected chi connectivity index (χ1v) is 13.8. The lowest BCUT2D eigenvalue weighted by Gasteiger charge is -2.40. The first-order valence-electron chi connectivity index (χ1n) is 11.2. The predicted molar refractivity (Wildman–Crippen MR) is 129 cm³/mol. The van der Waals surface area contributed by atoms with Gasteiger partial charge in [-0.25, -0.2) is 0 Å². The standard InChI is InChI=1S/C24H21F3N2O2S3/c25-24(26,27)14-3-1-4-15(10-14)28-17(30)11-29-22-21(34-23(29)31)19(16-5-2-8-32-16)18-12-6-7-13(9-12)20(18)33-22/h1-5,8,10,12-13,18-20H,6-7,9,11H2,(H,28,30). The number of amides is 1. The molecule has 2 aromatic heterocycles. The minimum absolute atomic E-state index is 0.0641. The van der Waals surface area contributed by atoms with Gasteiger partial charge in [0.2, 0.25) is 5.91 Å². The highest BCUT2D eigenvalue weighted by atomic mass is 32.2. The normalized spacial score (nSPS) is 27.4. The van der Waals surface area contributed by atoms with Crippen molar-refractivity contribution in [3.8, 4) is 0 Å². The number of thiazole rings is 1. The van der Waals surface area contributed by atoms with Crippen LogP contribution in [0.1, 0.15) is 40.5 Å². The highest BCUT2D eigenvalue weighted by Gasteiger charge is 2.55. The Balaban J connectivity index is 1.31. The fraction of sp³-hybridized carbons (Fsp3) is 0.417. The number of hydrogen-bond donors (Lipinski definition) is 1. The van der Waals surface area contributed by atoms with Crippen molar-refractivity contribution in [2.24, 2.45) is 17.8 Å². The second-order valence-corrected chi connectivity index (χ2v) is 12.4. The molecule has 34 heavy (non-hydrogen) atoms. The maximum absolute atomic E-state index is 13.0. The van der Waals surface area contributed by atoms with Crippen molar-refractivity contribution in [1.82, 2.24) is 4.57 Å². The van der Waals surface area contributed by atoms with E-state index in [1.807, 2.05) is 6.07 Å². The van der Waals surface area contributed by atoms with E-state index in [9.17, 15) is 22.8 Å². The van der Waals surface area contributed by atoms with Gasteiger partial charge in [0.1, 0.15) is 6.54 Å². The van der Waals surface area contributed by atoms with Crippen LogP contribution in [0.25, 0.3) is 0 Å². The van der Waals surface area contributed by atoms with Gasteiger partial charge in [0, 0.05) is 26.6 Å². The lowest BCUT2D eigenvalue weighted by atomic mass is 9.77. The fourth-order valence-electron chi connectivity index (χ4n) is 5.99. The summed E-state index contributed by atoms with van der Waals surface area (Å²) in [4.78, 5) is 27.9. The van der Waals surface area contributed by atoms with Crippen molar-refractivity contribution in [2.75, 3.05) is 5.32 Å². The average molecular weight is 523 g/mol. The van der Waals surface area contributed by atoms with Gasteiger partial charge in [0.15, 0.2) is 0 Å². The van der Waals surface area contributed by atoms with Crippen molar-refractivity contribution in [1.29, 1.82) is 0 Å². The molecule has 1 aliphatic heterocycles. The summed E-state index contributed by atoms with van der Waals surface area (Å²) in [6.45, 7) is -0.212. The summed E-state index contributed by atoms with van der Waals surface area (Å²) in [6, 6.07) is 8.74. The number of carbonyl (C=O) groups is 1. The molecule has 1 aromatic carbocycles. The number of alkyl halides is 3. The molecule has 5 unspecified atom stereocenters. The van der Waals surface area contributed by atoms with Gasteiger partial charge in [-0.1, -0.05) is 23.5 Å². The highest BCUT2D eigenvalue weighted by Crippen LogP contribution is 2.64. The van der Waals surface area contributed by atoms with Gasteiger partial charge in [0.05, 0.1) is 10.6 Å². The number of thioether (sulfide) groups is 1. The second kappa shape index (κ2) is 8.27. The molecule has 10 heteroatoms. The monoisotopic (exact) mass is 522 g/mol. The zero-order chi connectivity index (χ0) is 23.6. The molecule has 3 aromatic rings. The number of hydrogen-bond acceptors (Lipinski definition) is 5. The van der Waals surface area contributed by atoms with E-state index in [2.05, 4.69) is 16.8 Å². The minimum Gasteiger partial charge on any atom is -0.325 e. The van der Waals surface area contributed by atoms with E-state index in [1.54, 1.807) is 23.1 Å². The topological polar surface area (TPSA) is 51.1 Å². The summed E-state index contributed by atoms with van der Waals surface area (Å²) in [6.07, 6.45) is -0.789. The zero-order valence-corrected chi connectivity index (χ0v) is 20.3. The van der Waals surface area contributed by atoms with Crippen LogP contribution in [0.4, 0.5) is 18.9 Å². The molecule has 3 heterocycles. The first kappa shape index (κ1) is 22.4. The molecule has 3 aliphatic rings. The molecule has 0 saturated heterocycles. The summed E-state index contributed by atoms with van der Waals surface area (Å²) in [5, 5.41) is 5.91. The number of benzene rings is 1. The van der Waals surface area contributed by atoms with Crippen LogP contribution in [0.5, 0.6) is 0 Å². The van der Waals surface area contributed by atoms with Crippen LogP contribution in [0.3, 0.4) is 0 Å². The number of carbonyl (C=O) groups excluding carboxylic acids is 1. The Kier molecular flexibility index (Phi) is 5.46. The van der Waals surface area contributed by atoms with E-state index < -0.39 is 17.6 Å². The third-order valence-corrected chi connectivity index (χ3v) is 11.1. The van der Waals surface area contributed by atoms with Crippen molar-refractivity contribution >= 4 is 46.0 Å². The van der Waals surface area contributed by atoms with Crippen LogP contribution < -0.4 is 10.2 Å². The van der Waals surface area contributed by atoms with Gasteiger partial charge in [-0.3, -0.25) is 14.2 Å². The van der Waals surface area contributed by atoms with Crippen LogP contribution in [0.15, 0.2) is 51.6 Å². The number of fused-ring (bicyclic) bond motifs is 6. The van der Waals surface area contributed by atoms with Crippen LogP contribution in [0, 0.1) is 17.8 Å². The molecule has 5 atom stereocenters. The number of nitrogens with zero attached hydrogens (tertiary/aromatic N) is 1. The van der Waals surface area contributed by atoms with Gasteiger partial charge in [-0.2, -0.15) is 13.2 Å². The van der Waals surface area contributed by atoms with E-state index in [-0.39, 0.29) is 23.0 Å². The molecule has 2 aliphatic carbocycles. The Morgan fingerprint density at radius 3 is 2.74 bits per heavy atom. The molecule has 0 radical (unpaired) electrons. The molecule has 6 rings (SSSR count). The van der Waals surface area contributed by atoms with E-state index >= 15 is 0 Å². The third kappa shape index (κ3) is 3.74. The molecule has 2 bridgehead atoms. The van der Waals surface area contributed by atoms with Crippen LogP contribution >= 0.6 is 34.4 Å². The lowest BCUT2D eigenvalue weighted by Crippen LogP contribution is -2.34. The average Bonchev–Trinajstić information content (AvgIpc) is 3.58. The number of thiophene rings is 1. The van der Waals surface area contributed by atoms with E-state index in [4.69, 9.17) is 0 Å². The molecular formula is C24H21F3N2O2S3. The van der Waals surface area contributed by atoms with Gasteiger partial charge in [-0.05, 0) is 66.7 Å². The Morgan fingerprint density at radius 1 is 1.15 bits per heavy atom. The SMILES string of the molecule is O=C(Cn1c2c(sc1=O)C(c1cccs1)C1C3CCC(C3)C1S2)Nc1cccc(C(F)(F)F)c1. The quantitative estimate of drug-likeness (QED) is 0.439. The number of aromatic nitrogens is 1. The van der Waals surface area contributed by atoms with Crippen molar-refractivity contribution in [3.05, 3.63) is 66.8 Å². The Labute approximate surface area is 206 Å². The molecule has 1 N–H and O–H groups in total. The van der Waals surface area contributed by atoms with Crippen LogP contribution in [-0.4, -0.2) is 15.7 Å². The number of rotatable bonds is 4. The maximum atomic E-state index is 13.0. The summed E-state index contributed by atoms with van der Waals surface area (Å²) in [5.74, 6) is 1.50. The van der Waals surface area contributed by atoms with Gasteiger partial charge >= 0.3 is 11.0 Å². The highest BCUT2D eigenvalue weighted by molar-refractivity contribution is 8.00. The van der Waals surface area contributed by atoms with Crippen molar-refractivity contribution in [2.45, 2.75) is 48.2 Å². The van der Waals surface area contributed by atoms with E-state index in [1.165, 1.54) is 52.2 Å². The molecule has 0 spiro atoms. The largest absolute Gasteiger partial charge is 0.416 e. The molecule has 178 valence electrons. The Hall–Kier alpha value is -2.04. The fourth-order valence-corrected chi connectivity index (χ4v) is 10.1. The summed E-state index contributed by atoms with van der Waals surface area (Å²) < 4.78 is 40.6. The molecular weight excluding hydrogens is 501 g/mol. The molecule has 4 nitrogen and oxygen atoms in total. The minimum atomic E-state index is -4.49.